The second kappa shape index (κ2) is 13.4. The van der Waals surface area contributed by atoms with Gasteiger partial charge in [0.1, 0.15) is 5.71 Å². The summed E-state index contributed by atoms with van der Waals surface area (Å²) in [6.07, 6.45) is 0.448. The maximum Gasteiger partial charge on any atom is 0.334 e. The number of aryl methyl sites for hydroxylation is 2. The number of benzene rings is 4. The molecule has 0 radical (unpaired) electrons. The van der Waals surface area contributed by atoms with Crippen LogP contribution in [0.4, 0.5) is 0 Å². The summed E-state index contributed by atoms with van der Waals surface area (Å²) >= 11 is 7.55. The minimum absolute atomic E-state index is 0.0463. The number of Topliss-reactive ketones (excluding diaryl/α,β-unsaturated/α-hetero) is 1. The lowest BCUT2D eigenvalue weighted by molar-refractivity contribution is -0.143. The van der Waals surface area contributed by atoms with Gasteiger partial charge in [-0.15, -0.1) is 11.8 Å². The molecule has 0 aliphatic heterocycles. The molecular weight excluding hydrogens is 580 g/mol. The summed E-state index contributed by atoms with van der Waals surface area (Å²) in [7, 11) is 0. The van der Waals surface area contributed by atoms with Crippen LogP contribution in [-0.4, -0.2) is 33.6 Å². The number of halogens is 1. The minimum Gasteiger partial charge on any atom is -0.341 e. The van der Waals surface area contributed by atoms with E-state index in [4.69, 9.17) is 16.4 Å². The van der Waals surface area contributed by atoms with Crippen LogP contribution in [0.5, 0.6) is 0 Å². The highest BCUT2D eigenvalue weighted by Crippen LogP contribution is 2.32. The zero-order chi connectivity index (χ0) is 30.5. The first-order chi connectivity index (χ1) is 20.8. The molecule has 0 atom stereocenters. The average Bonchev–Trinajstić information content (AvgIpc) is 3.35. The first-order valence-electron chi connectivity index (χ1n) is 14.2. The van der Waals surface area contributed by atoms with Gasteiger partial charge in [-0.05, 0) is 80.1 Å². The molecule has 0 aliphatic carbocycles. The molecule has 1 aromatic heterocycles. The standard InChI is InChI=1S/C35H31ClN2O4S/c1-4-33(39)42-37-30(18-19-43-26-14-12-25(36)13-15-26)35(41)24-11-17-32-29(21-24)28-20-23(10-16-31(28)38(32)5-2)34(40)27-9-7-6-8-22(27)3/h6-17,20-21H,4-5,18-19H2,1-3H3. The SMILES string of the molecule is CCC(=O)ON=C(CCSc1ccc(Cl)cc1)C(=O)c1ccc2c(c1)c1cc(C(=O)c3ccccc3C)ccc1n2CC. The van der Waals surface area contributed by atoms with Gasteiger partial charge in [0.25, 0.3) is 0 Å². The van der Waals surface area contributed by atoms with Gasteiger partial charge in [0.05, 0.1) is 0 Å². The Balaban J connectivity index is 1.50. The largest absolute Gasteiger partial charge is 0.341 e. The Hall–Kier alpha value is -4.20. The summed E-state index contributed by atoms with van der Waals surface area (Å²) < 4.78 is 2.17. The molecule has 5 rings (SSSR count). The molecule has 0 fully saturated rings. The molecule has 5 aromatic rings. The quantitative estimate of drug-likeness (QED) is 0.0491. The molecule has 0 amide bonds. The fraction of sp³-hybridized carbons (Fsp3) is 0.200. The third-order valence-corrected chi connectivity index (χ3v) is 8.59. The van der Waals surface area contributed by atoms with E-state index >= 15 is 0 Å². The van der Waals surface area contributed by atoms with Crippen molar-refractivity contribution in [3.05, 3.63) is 112 Å². The van der Waals surface area contributed by atoms with E-state index in [-0.39, 0.29) is 23.7 Å². The van der Waals surface area contributed by atoms with E-state index in [0.29, 0.717) is 33.9 Å². The number of hydrogen-bond donors (Lipinski definition) is 0. The first-order valence-corrected chi connectivity index (χ1v) is 15.5. The summed E-state index contributed by atoms with van der Waals surface area (Å²) in [5, 5.41) is 6.40. The van der Waals surface area contributed by atoms with Crippen molar-refractivity contribution >= 4 is 68.4 Å². The van der Waals surface area contributed by atoms with Crippen LogP contribution in [0.15, 0.2) is 95.0 Å². The highest BCUT2D eigenvalue weighted by molar-refractivity contribution is 7.99. The van der Waals surface area contributed by atoms with E-state index in [2.05, 4.69) is 16.6 Å². The number of hydrogen-bond acceptors (Lipinski definition) is 6. The molecule has 4 aromatic carbocycles. The van der Waals surface area contributed by atoms with E-state index < -0.39 is 5.97 Å². The highest BCUT2D eigenvalue weighted by atomic mass is 35.5. The van der Waals surface area contributed by atoms with Gasteiger partial charge in [-0.2, -0.15) is 0 Å². The van der Waals surface area contributed by atoms with Crippen LogP contribution in [0.2, 0.25) is 5.02 Å². The molecule has 218 valence electrons. The Bertz CT molecular complexity index is 1870. The summed E-state index contributed by atoms with van der Waals surface area (Å²) in [6, 6.07) is 26.3. The Morgan fingerprint density at radius 3 is 2.16 bits per heavy atom. The number of aromatic nitrogens is 1. The average molecular weight is 611 g/mol. The molecular formula is C35H31ClN2O4S. The maximum absolute atomic E-state index is 13.8. The van der Waals surface area contributed by atoms with Crippen molar-refractivity contribution in [2.75, 3.05) is 5.75 Å². The van der Waals surface area contributed by atoms with Crippen LogP contribution >= 0.6 is 23.4 Å². The Kier molecular flexibility index (Phi) is 9.43. The molecule has 0 saturated carbocycles. The van der Waals surface area contributed by atoms with Crippen LogP contribution in [0.3, 0.4) is 0 Å². The van der Waals surface area contributed by atoms with Crippen LogP contribution in [0.25, 0.3) is 21.8 Å². The Labute approximate surface area is 259 Å². The predicted molar refractivity (Wildman–Crippen MR) is 175 cm³/mol. The maximum atomic E-state index is 13.8. The van der Waals surface area contributed by atoms with Gasteiger partial charge in [0, 0.05) is 73.6 Å². The van der Waals surface area contributed by atoms with Crippen LogP contribution < -0.4 is 0 Å². The topological polar surface area (TPSA) is 77.7 Å². The van der Waals surface area contributed by atoms with Crippen molar-refractivity contribution in [3.63, 3.8) is 0 Å². The lowest BCUT2D eigenvalue weighted by Gasteiger charge is -2.07. The Morgan fingerprint density at radius 1 is 0.860 bits per heavy atom. The summed E-state index contributed by atoms with van der Waals surface area (Å²) in [4.78, 5) is 45.1. The first kappa shape index (κ1) is 30.3. The van der Waals surface area contributed by atoms with E-state index in [1.807, 2.05) is 85.8 Å². The van der Waals surface area contributed by atoms with Gasteiger partial charge >= 0.3 is 5.97 Å². The minimum atomic E-state index is -0.511. The number of carbonyl (C=O) groups excluding carboxylic acids is 3. The number of rotatable bonds is 11. The molecule has 43 heavy (non-hydrogen) atoms. The molecule has 0 saturated heterocycles. The van der Waals surface area contributed by atoms with Gasteiger partial charge in [-0.1, -0.05) is 47.9 Å². The second-order valence-electron chi connectivity index (χ2n) is 10.1. The zero-order valence-electron chi connectivity index (χ0n) is 24.2. The lowest BCUT2D eigenvalue weighted by Crippen LogP contribution is -2.17. The van der Waals surface area contributed by atoms with Gasteiger partial charge in [-0.3, -0.25) is 9.59 Å². The van der Waals surface area contributed by atoms with Crippen molar-refractivity contribution < 1.29 is 19.2 Å². The summed E-state index contributed by atoms with van der Waals surface area (Å²) in [5.41, 5.74) is 4.70. The monoisotopic (exact) mass is 610 g/mol. The van der Waals surface area contributed by atoms with Crippen LogP contribution in [-0.2, 0) is 16.2 Å². The fourth-order valence-electron chi connectivity index (χ4n) is 5.04. The number of fused-ring (bicyclic) bond motifs is 3. The van der Waals surface area contributed by atoms with E-state index in [1.165, 1.54) is 0 Å². The van der Waals surface area contributed by atoms with Crippen LogP contribution in [0.1, 0.15) is 58.5 Å². The number of nitrogens with zero attached hydrogens (tertiary/aromatic N) is 2. The number of oxime groups is 1. The van der Waals surface area contributed by atoms with Gasteiger partial charge < -0.3 is 9.40 Å². The summed E-state index contributed by atoms with van der Waals surface area (Å²) in [6.45, 7) is 6.39. The highest BCUT2D eigenvalue weighted by Gasteiger charge is 2.20. The predicted octanol–water partition coefficient (Wildman–Crippen LogP) is 8.68. The zero-order valence-corrected chi connectivity index (χ0v) is 25.8. The lowest BCUT2D eigenvalue weighted by atomic mass is 9.97. The summed E-state index contributed by atoms with van der Waals surface area (Å²) in [5.74, 6) is -0.317. The number of carbonyl (C=O) groups is 3. The molecule has 8 heteroatoms. The number of thioether (sulfide) groups is 1. The normalized spacial score (nSPS) is 11.7. The van der Waals surface area contributed by atoms with Crippen molar-refractivity contribution in [1.29, 1.82) is 0 Å². The third-order valence-electron chi connectivity index (χ3n) is 7.32. The van der Waals surface area contributed by atoms with Gasteiger partial charge in [0.2, 0.25) is 5.78 Å². The second-order valence-corrected chi connectivity index (χ2v) is 11.7. The van der Waals surface area contributed by atoms with Crippen molar-refractivity contribution in [1.82, 2.24) is 4.57 Å². The van der Waals surface area contributed by atoms with Crippen molar-refractivity contribution in [2.24, 2.45) is 5.16 Å². The molecule has 0 spiro atoms. The molecule has 0 bridgehead atoms. The molecule has 0 aliphatic rings. The van der Waals surface area contributed by atoms with Crippen molar-refractivity contribution in [2.45, 2.75) is 45.1 Å². The van der Waals surface area contributed by atoms with E-state index in [1.54, 1.807) is 24.8 Å². The molecule has 6 nitrogen and oxygen atoms in total. The van der Waals surface area contributed by atoms with E-state index in [9.17, 15) is 14.4 Å². The van der Waals surface area contributed by atoms with E-state index in [0.717, 1.165) is 38.8 Å². The number of ketones is 2. The van der Waals surface area contributed by atoms with Crippen LogP contribution in [0, 0.1) is 6.92 Å². The fourth-order valence-corrected chi connectivity index (χ4v) is 6.03. The smallest absolute Gasteiger partial charge is 0.334 e. The van der Waals surface area contributed by atoms with Gasteiger partial charge in [-0.25, -0.2) is 4.79 Å². The Morgan fingerprint density at radius 2 is 1.51 bits per heavy atom. The van der Waals surface area contributed by atoms with Crippen molar-refractivity contribution in [3.8, 4) is 0 Å². The molecule has 1 heterocycles. The van der Waals surface area contributed by atoms with Gasteiger partial charge in [0.15, 0.2) is 5.78 Å². The molecule has 0 N–H and O–H groups in total. The molecule has 0 unspecified atom stereocenters. The third kappa shape index (κ3) is 6.58.